The van der Waals surface area contributed by atoms with Crippen LogP contribution in [0.3, 0.4) is 0 Å². The number of nitrogen functional groups attached to an aromatic ring is 1. The van der Waals surface area contributed by atoms with Crippen molar-refractivity contribution in [1.82, 2.24) is 24.8 Å². The van der Waals surface area contributed by atoms with Crippen molar-refractivity contribution < 1.29 is 4.79 Å². The maximum Gasteiger partial charge on any atom is 0.222 e. The van der Waals surface area contributed by atoms with E-state index < -0.39 is 0 Å². The summed E-state index contributed by atoms with van der Waals surface area (Å²) in [5.41, 5.74) is 9.74. The third-order valence-corrected chi connectivity index (χ3v) is 5.31. The maximum absolute atomic E-state index is 12.7. The van der Waals surface area contributed by atoms with Crippen LogP contribution in [0.4, 0.5) is 5.82 Å². The number of nitrogens with zero attached hydrogens (tertiary/aromatic N) is 5. The van der Waals surface area contributed by atoms with Crippen molar-refractivity contribution >= 4 is 11.7 Å². The van der Waals surface area contributed by atoms with Crippen LogP contribution in [0.2, 0.25) is 0 Å². The lowest BCUT2D eigenvalue weighted by atomic mass is 9.96. The fraction of sp³-hybridized carbons (Fsp3) is 0.318. The largest absolute Gasteiger partial charge is 0.384 e. The van der Waals surface area contributed by atoms with Crippen LogP contribution in [-0.2, 0) is 11.2 Å². The molecule has 1 saturated heterocycles. The van der Waals surface area contributed by atoms with Crippen LogP contribution in [0.1, 0.15) is 36.6 Å². The highest BCUT2D eigenvalue weighted by Gasteiger charge is 2.29. The van der Waals surface area contributed by atoms with E-state index in [1.807, 2.05) is 41.4 Å². The molecular formula is C22H24N6O. The van der Waals surface area contributed by atoms with Crippen molar-refractivity contribution in [3.8, 4) is 11.1 Å². The molecule has 4 rings (SSSR count). The summed E-state index contributed by atoms with van der Waals surface area (Å²) in [4.78, 5) is 31.7. The fourth-order valence-electron chi connectivity index (χ4n) is 3.84. The topological polar surface area (TPSA) is 97.9 Å². The van der Waals surface area contributed by atoms with Gasteiger partial charge in [0.25, 0.3) is 0 Å². The van der Waals surface area contributed by atoms with Crippen LogP contribution in [0.5, 0.6) is 0 Å². The summed E-state index contributed by atoms with van der Waals surface area (Å²) in [7, 11) is 0. The highest BCUT2D eigenvalue weighted by molar-refractivity contribution is 5.77. The first-order valence-corrected chi connectivity index (χ1v) is 9.90. The number of aromatic nitrogens is 4. The predicted octanol–water partition coefficient (Wildman–Crippen LogP) is 2.85. The molecule has 4 heterocycles. The Bertz CT molecular complexity index is 978. The van der Waals surface area contributed by atoms with E-state index >= 15 is 0 Å². The first-order chi connectivity index (χ1) is 14.2. The van der Waals surface area contributed by atoms with Gasteiger partial charge in [-0.1, -0.05) is 6.07 Å². The van der Waals surface area contributed by atoms with Gasteiger partial charge in [-0.05, 0) is 49.1 Å². The first-order valence-electron chi connectivity index (χ1n) is 9.90. The van der Waals surface area contributed by atoms with Crippen molar-refractivity contribution in [2.24, 2.45) is 0 Å². The lowest BCUT2D eigenvalue weighted by Gasteiger charge is -2.17. The molecule has 0 spiro atoms. The second-order valence-corrected chi connectivity index (χ2v) is 7.29. The lowest BCUT2D eigenvalue weighted by molar-refractivity contribution is -0.130. The van der Waals surface area contributed by atoms with Crippen LogP contribution in [0.15, 0.2) is 55.2 Å². The van der Waals surface area contributed by atoms with E-state index in [2.05, 4.69) is 19.9 Å². The zero-order valence-electron chi connectivity index (χ0n) is 16.2. The fourth-order valence-corrected chi connectivity index (χ4v) is 3.84. The van der Waals surface area contributed by atoms with E-state index in [1.165, 1.54) is 0 Å². The molecule has 0 bridgehead atoms. The van der Waals surface area contributed by atoms with Crippen LogP contribution < -0.4 is 5.73 Å². The van der Waals surface area contributed by atoms with Gasteiger partial charge in [-0.3, -0.25) is 9.78 Å². The molecule has 0 aliphatic carbocycles. The second kappa shape index (κ2) is 8.77. The minimum atomic E-state index is 0.196. The Morgan fingerprint density at radius 2 is 2.10 bits per heavy atom. The number of hydrogen-bond donors (Lipinski definition) is 1. The van der Waals surface area contributed by atoms with E-state index in [9.17, 15) is 4.79 Å². The summed E-state index contributed by atoms with van der Waals surface area (Å²) in [5.74, 6) is 0.864. The number of carbonyl (C=O) groups excluding carboxylic acids is 1. The Balaban J connectivity index is 1.39. The molecule has 7 nitrogen and oxygen atoms in total. The van der Waals surface area contributed by atoms with Crippen molar-refractivity contribution in [1.29, 1.82) is 0 Å². The Morgan fingerprint density at radius 1 is 1.17 bits per heavy atom. The van der Waals surface area contributed by atoms with Gasteiger partial charge in [0.1, 0.15) is 12.1 Å². The zero-order valence-corrected chi connectivity index (χ0v) is 16.2. The number of rotatable bonds is 6. The molecule has 1 aliphatic rings. The lowest BCUT2D eigenvalue weighted by Crippen LogP contribution is -2.28. The van der Waals surface area contributed by atoms with E-state index in [-0.39, 0.29) is 11.8 Å². The molecule has 29 heavy (non-hydrogen) atoms. The molecule has 0 saturated carbocycles. The summed E-state index contributed by atoms with van der Waals surface area (Å²) in [6.45, 7) is 1.45. The molecule has 7 heteroatoms. The minimum absolute atomic E-state index is 0.196. The molecule has 1 fully saturated rings. The number of likely N-dealkylation sites (tertiary alicyclic amines) is 1. The third kappa shape index (κ3) is 4.56. The van der Waals surface area contributed by atoms with E-state index in [1.54, 1.807) is 18.7 Å². The van der Waals surface area contributed by atoms with Crippen LogP contribution in [0, 0.1) is 0 Å². The monoisotopic (exact) mass is 388 g/mol. The molecule has 1 atom stereocenters. The highest BCUT2D eigenvalue weighted by atomic mass is 16.2. The zero-order chi connectivity index (χ0) is 20.1. The Hall–Kier alpha value is -3.35. The Labute approximate surface area is 170 Å². The van der Waals surface area contributed by atoms with Gasteiger partial charge in [0.05, 0.1) is 5.69 Å². The molecule has 148 valence electrons. The standard InChI is InChI=1S/C22H24N6O/c23-20-12-16(7-10-26-20)19-13-24-15-27-22(19)17-8-11-28(14-17)21(29)6-3-5-18-4-1-2-9-25-18/h1-2,4,7,9-10,12-13,15,17H,3,5-6,8,11,14H2,(H2,23,26)/t17-/m0/s1. The molecule has 2 N–H and O–H groups in total. The Morgan fingerprint density at radius 3 is 2.93 bits per heavy atom. The molecule has 0 radical (unpaired) electrons. The van der Waals surface area contributed by atoms with Gasteiger partial charge in [-0.25, -0.2) is 15.0 Å². The van der Waals surface area contributed by atoms with Crippen LogP contribution >= 0.6 is 0 Å². The quantitative estimate of drug-likeness (QED) is 0.697. The number of anilines is 1. The maximum atomic E-state index is 12.7. The van der Waals surface area contributed by atoms with Gasteiger partial charge in [0.2, 0.25) is 5.91 Å². The molecule has 0 unspecified atom stereocenters. The number of hydrogen-bond acceptors (Lipinski definition) is 6. The molecule has 1 aliphatic heterocycles. The summed E-state index contributed by atoms with van der Waals surface area (Å²) in [5, 5.41) is 0. The van der Waals surface area contributed by atoms with E-state index in [4.69, 9.17) is 5.73 Å². The molecular weight excluding hydrogens is 364 g/mol. The number of pyridine rings is 2. The molecule has 1 amide bonds. The smallest absolute Gasteiger partial charge is 0.222 e. The Kier molecular flexibility index (Phi) is 5.74. The summed E-state index contributed by atoms with van der Waals surface area (Å²) >= 11 is 0. The van der Waals surface area contributed by atoms with Crippen molar-refractivity contribution in [3.05, 3.63) is 66.6 Å². The average molecular weight is 388 g/mol. The van der Waals surface area contributed by atoms with E-state index in [0.717, 1.165) is 48.3 Å². The number of carbonyl (C=O) groups is 1. The van der Waals surface area contributed by atoms with Gasteiger partial charge in [0.15, 0.2) is 0 Å². The molecule has 3 aromatic heterocycles. The van der Waals surface area contributed by atoms with E-state index in [0.29, 0.717) is 18.8 Å². The SMILES string of the molecule is Nc1cc(-c2cncnc2[C@H]2CCN(C(=O)CCCc3ccccn3)C2)ccn1. The number of nitrogens with two attached hydrogens (primary N) is 1. The second-order valence-electron chi connectivity index (χ2n) is 7.29. The minimum Gasteiger partial charge on any atom is -0.384 e. The highest BCUT2D eigenvalue weighted by Crippen LogP contribution is 2.33. The summed E-state index contributed by atoms with van der Waals surface area (Å²) in [6.07, 6.45) is 9.94. The van der Waals surface area contributed by atoms with Gasteiger partial charge in [-0.2, -0.15) is 0 Å². The normalized spacial score (nSPS) is 16.1. The number of amides is 1. The van der Waals surface area contributed by atoms with Gasteiger partial charge in [0, 0.05) is 55.3 Å². The third-order valence-electron chi connectivity index (χ3n) is 5.31. The number of aryl methyl sites for hydroxylation is 1. The molecule has 0 aromatic carbocycles. The van der Waals surface area contributed by atoms with Gasteiger partial charge in [-0.15, -0.1) is 0 Å². The van der Waals surface area contributed by atoms with Crippen molar-refractivity contribution in [2.75, 3.05) is 18.8 Å². The summed E-state index contributed by atoms with van der Waals surface area (Å²) in [6, 6.07) is 9.62. The van der Waals surface area contributed by atoms with Gasteiger partial charge >= 0.3 is 0 Å². The van der Waals surface area contributed by atoms with Crippen LogP contribution in [0.25, 0.3) is 11.1 Å². The average Bonchev–Trinajstić information content (AvgIpc) is 3.25. The van der Waals surface area contributed by atoms with Crippen molar-refractivity contribution in [3.63, 3.8) is 0 Å². The van der Waals surface area contributed by atoms with Gasteiger partial charge < -0.3 is 10.6 Å². The summed E-state index contributed by atoms with van der Waals surface area (Å²) < 4.78 is 0. The first kappa shape index (κ1) is 19.0. The predicted molar refractivity (Wildman–Crippen MR) is 111 cm³/mol. The van der Waals surface area contributed by atoms with Crippen LogP contribution in [-0.4, -0.2) is 43.8 Å². The van der Waals surface area contributed by atoms with Crippen molar-refractivity contribution in [2.45, 2.75) is 31.6 Å². The molecule has 3 aromatic rings.